The summed E-state index contributed by atoms with van der Waals surface area (Å²) in [6, 6.07) is 7.09. The van der Waals surface area contributed by atoms with Crippen molar-refractivity contribution < 1.29 is 17.9 Å². The molecule has 8 heteroatoms. The third kappa shape index (κ3) is 4.12. The lowest BCUT2D eigenvalue weighted by Crippen LogP contribution is -2.36. The SMILES string of the molecule is CC(=O)c1ccccc1OCCn1nc(C)c(S(=O)(=O)N2CCCCC2)c1C. The van der Waals surface area contributed by atoms with Crippen molar-refractivity contribution >= 4 is 15.8 Å². The number of para-hydroxylation sites is 1. The molecule has 7 nitrogen and oxygen atoms in total. The summed E-state index contributed by atoms with van der Waals surface area (Å²) in [6.45, 7) is 6.83. The van der Waals surface area contributed by atoms with Gasteiger partial charge >= 0.3 is 0 Å². The van der Waals surface area contributed by atoms with Gasteiger partial charge in [-0.15, -0.1) is 0 Å². The van der Waals surface area contributed by atoms with Crippen molar-refractivity contribution in [3.05, 3.63) is 41.2 Å². The van der Waals surface area contributed by atoms with Crippen LogP contribution in [0.4, 0.5) is 0 Å². The number of nitrogens with zero attached hydrogens (tertiary/aromatic N) is 3. The fourth-order valence-corrected chi connectivity index (χ4v) is 5.52. The second-order valence-corrected chi connectivity index (χ2v) is 8.96. The highest BCUT2D eigenvalue weighted by Gasteiger charge is 2.31. The van der Waals surface area contributed by atoms with Gasteiger partial charge in [0, 0.05) is 13.1 Å². The van der Waals surface area contributed by atoms with Crippen molar-refractivity contribution in [1.82, 2.24) is 14.1 Å². The van der Waals surface area contributed by atoms with E-state index in [9.17, 15) is 13.2 Å². The van der Waals surface area contributed by atoms with Crippen molar-refractivity contribution in [3.63, 3.8) is 0 Å². The van der Waals surface area contributed by atoms with Crippen LogP contribution in [0.5, 0.6) is 5.75 Å². The summed E-state index contributed by atoms with van der Waals surface area (Å²) < 4.78 is 35.1. The van der Waals surface area contributed by atoms with Gasteiger partial charge in [-0.05, 0) is 45.7 Å². The van der Waals surface area contributed by atoms with Crippen molar-refractivity contribution in [2.45, 2.75) is 51.5 Å². The standard InChI is InChI=1S/C20H27N3O4S/c1-15-20(28(25,26)22-11-7-4-8-12-22)16(2)23(21-15)13-14-27-19-10-6-5-9-18(19)17(3)24/h5-6,9-10H,4,7-8,11-14H2,1-3H3. The first kappa shape index (κ1) is 20.5. The lowest BCUT2D eigenvalue weighted by atomic mass is 10.1. The molecule has 0 aliphatic carbocycles. The van der Waals surface area contributed by atoms with Crippen molar-refractivity contribution in [3.8, 4) is 5.75 Å². The molecule has 3 rings (SSSR count). The van der Waals surface area contributed by atoms with E-state index in [1.54, 1.807) is 41.0 Å². The molecule has 1 saturated heterocycles. The highest BCUT2D eigenvalue weighted by molar-refractivity contribution is 7.89. The van der Waals surface area contributed by atoms with E-state index in [2.05, 4.69) is 5.10 Å². The molecule has 0 saturated carbocycles. The van der Waals surface area contributed by atoms with Crippen LogP contribution in [0.3, 0.4) is 0 Å². The average molecular weight is 406 g/mol. The molecule has 1 aromatic heterocycles. The van der Waals surface area contributed by atoms with E-state index in [0.29, 0.717) is 47.2 Å². The molecule has 0 atom stereocenters. The van der Waals surface area contributed by atoms with Crippen LogP contribution < -0.4 is 4.74 Å². The number of Topliss-reactive ketones (excluding diaryl/α,β-unsaturated/α-hetero) is 1. The fraction of sp³-hybridized carbons (Fsp3) is 0.500. The van der Waals surface area contributed by atoms with Gasteiger partial charge in [0.25, 0.3) is 0 Å². The number of aromatic nitrogens is 2. The number of aryl methyl sites for hydroxylation is 1. The van der Waals surface area contributed by atoms with E-state index < -0.39 is 10.0 Å². The topological polar surface area (TPSA) is 81.5 Å². The largest absolute Gasteiger partial charge is 0.491 e. The molecule has 152 valence electrons. The Labute approximate surface area is 166 Å². The zero-order chi connectivity index (χ0) is 20.3. The minimum absolute atomic E-state index is 0.0587. The van der Waals surface area contributed by atoms with Gasteiger partial charge < -0.3 is 4.74 Å². The zero-order valence-electron chi connectivity index (χ0n) is 16.6. The summed E-state index contributed by atoms with van der Waals surface area (Å²) in [4.78, 5) is 12.0. The Bertz CT molecular complexity index is 960. The Balaban J connectivity index is 1.75. The Kier molecular flexibility index (Phi) is 6.20. The maximum Gasteiger partial charge on any atom is 0.246 e. The number of ether oxygens (including phenoxy) is 1. The Morgan fingerprint density at radius 2 is 1.82 bits per heavy atom. The number of sulfonamides is 1. The van der Waals surface area contributed by atoms with E-state index in [0.717, 1.165) is 19.3 Å². The maximum atomic E-state index is 13.1. The first-order valence-corrected chi connectivity index (χ1v) is 11.0. The molecule has 0 unspecified atom stereocenters. The summed E-state index contributed by atoms with van der Waals surface area (Å²) in [7, 11) is -3.53. The first-order chi connectivity index (χ1) is 13.3. The van der Waals surface area contributed by atoms with Crippen LogP contribution in [0.15, 0.2) is 29.2 Å². The monoisotopic (exact) mass is 405 g/mol. The van der Waals surface area contributed by atoms with Gasteiger partial charge in [-0.3, -0.25) is 9.48 Å². The maximum absolute atomic E-state index is 13.1. The van der Waals surface area contributed by atoms with Gasteiger partial charge in [0.05, 0.1) is 23.5 Å². The van der Waals surface area contributed by atoms with Crippen molar-refractivity contribution in [2.75, 3.05) is 19.7 Å². The lowest BCUT2D eigenvalue weighted by Gasteiger charge is -2.26. The van der Waals surface area contributed by atoms with E-state index in [-0.39, 0.29) is 12.4 Å². The number of hydrogen-bond donors (Lipinski definition) is 0. The molecule has 1 aliphatic rings. The van der Waals surface area contributed by atoms with E-state index in [1.165, 1.54) is 6.92 Å². The predicted molar refractivity (Wildman–Crippen MR) is 106 cm³/mol. The van der Waals surface area contributed by atoms with Crippen LogP contribution in [-0.4, -0.2) is 48.0 Å². The number of piperidine rings is 1. The molecule has 0 N–H and O–H groups in total. The summed E-state index contributed by atoms with van der Waals surface area (Å²) in [6.07, 6.45) is 2.87. The summed E-state index contributed by atoms with van der Waals surface area (Å²) in [5.74, 6) is 0.467. The molecule has 0 bridgehead atoms. The Morgan fingerprint density at radius 3 is 2.50 bits per heavy atom. The van der Waals surface area contributed by atoms with Gasteiger partial charge in [-0.2, -0.15) is 9.40 Å². The molecular weight excluding hydrogens is 378 g/mol. The third-order valence-electron chi connectivity index (χ3n) is 5.06. The highest BCUT2D eigenvalue weighted by Crippen LogP contribution is 2.26. The summed E-state index contributed by atoms with van der Waals surface area (Å²) >= 11 is 0. The zero-order valence-corrected chi connectivity index (χ0v) is 17.5. The van der Waals surface area contributed by atoms with Crippen molar-refractivity contribution in [2.24, 2.45) is 0 Å². The average Bonchev–Trinajstić information content (AvgIpc) is 2.96. The van der Waals surface area contributed by atoms with Gasteiger partial charge in [0.2, 0.25) is 10.0 Å². The minimum Gasteiger partial charge on any atom is -0.491 e. The number of hydrogen-bond acceptors (Lipinski definition) is 5. The second-order valence-electron chi connectivity index (χ2n) is 7.09. The second kappa shape index (κ2) is 8.45. The van der Waals surface area contributed by atoms with Crippen LogP contribution >= 0.6 is 0 Å². The van der Waals surface area contributed by atoms with Crippen LogP contribution in [-0.2, 0) is 16.6 Å². The third-order valence-corrected chi connectivity index (χ3v) is 7.21. The smallest absolute Gasteiger partial charge is 0.246 e. The molecule has 1 aromatic carbocycles. The number of carbonyl (C=O) groups excluding carboxylic acids is 1. The molecule has 0 spiro atoms. The van der Waals surface area contributed by atoms with Crippen LogP contribution in [0.2, 0.25) is 0 Å². The lowest BCUT2D eigenvalue weighted by molar-refractivity contribution is 0.101. The molecule has 2 heterocycles. The molecular formula is C20H27N3O4S. The van der Waals surface area contributed by atoms with Gasteiger partial charge in [-0.1, -0.05) is 18.6 Å². The first-order valence-electron chi connectivity index (χ1n) is 9.59. The minimum atomic E-state index is -3.53. The van der Waals surface area contributed by atoms with Crippen LogP contribution in [0, 0.1) is 13.8 Å². The van der Waals surface area contributed by atoms with Gasteiger partial charge in [0.1, 0.15) is 17.3 Å². The molecule has 1 aliphatic heterocycles. The van der Waals surface area contributed by atoms with Crippen LogP contribution in [0.1, 0.15) is 47.9 Å². The van der Waals surface area contributed by atoms with Gasteiger partial charge in [-0.25, -0.2) is 8.42 Å². The Morgan fingerprint density at radius 1 is 1.14 bits per heavy atom. The number of benzene rings is 1. The van der Waals surface area contributed by atoms with E-state index in [1.807, 2.05) is 6.07 Å². The molecule has 28 heavy (non-hydrogen) atoms. The number of rotatable bonds is 7. The van der Waals surface area contributed by atoms with E-state index >= 15 is 0 Å². The highest BCUT2D eigenvalue weighted by atomic mass is 32.2. The summed E-state index contributed by atoms with van der Waals surface area (Å²) in [5, 5.41) is 4.42. The van der Waals surface area contributed by atoms with E-state index in [4.69, 9.17) is 4.74 Å². The number of ketones is 1. The van der Waals surface area contributed by atoms with Crippen LogP contribution in [0.25, 0.3) is 0 Å². The fourth-order valence-electron chi connectivity index (χ4n) is 3.63. The van der Waals surface area contributed by atoms with Crippen molar-refractivity contribution in [1.29, 1.82) is 0 Å². The Hall–Kier alpha value is -2.19. The number of carbonyl (C=O) groups is 1. The van der Waals surface area contributed by atoms with Gasteiger partial charge in [0.15, 0.2) is 5.78 Å². The normalized spacial score (nSPS) is 15.5. The summed E-state index contributed by atoms with van der Waals surface area (Å²) in [5.41, 5.74) is 1.66. The molecule has 0 amide bonds. The quantitative estimate of drug-likeness (QED) is 0.662. The molecule has 2 aromatic rings. The molecule has 0 radical (unpaired) electrons. The molecule has 1 fully saturated rings. The predicted octanol–water partition coefficient (Wildman–Crippen LogP) is 2.96.